The average Bonchev–Trinajstić information content (AvgIpc) is 3.21. The Morgan fingerprint density at radius 1 is 1.28 bits per heavy atom. The Balaban J connectivity index is 1.71. The van der Waals surface area contributed by atoms with Gasteiger partial charge in [-0.1, -0.05) is 48.0 Å². The lowest BCUT2D eigenvalue weighted by molar-refractivity contribution is -0.136. The highest BCUT2D eigenvalue weighted by molar-refractivity contribution is 8.01. The topological polar surface area (TPSA) is 54.3 Å². The van der Waals surface area contributed by atoms with E-state index in [1.54, 1.807) is 0 Å². The van der Waals surface area contributed by atoms with E-state index in [1.165, 1.54) is 33.8 Å². The van der Waals surface area contributed by atoms with Crippen LogP contribution in [0.4, 0.5) is 0 Å². The molecule has 0 bridgehead atoms. The number of thioether (sulfide) groups is 1. The van der Waals surface area contributed by atoms with Crippen molar-refractivity contribution in [2.75, 3.05) is 6.54 Å². The van der Waals surface area contributed by atoms with E-state index in [4.69, 9.17) is 0 Å². The summed E-state index contributed by atoms with van der Waals surface area (Å²) in [6.07, 6.45) is 2.17. The van der Waals surface area contributed by atoms with Crippen LogP contribution in [0.1, 0.15) is 22.1 Å². The number of nitrogens with one attached hydrogen (secondary N) is 1. The van der Waals surface area contributed by atoms with E-state index in [0.29, 0.717) is 6.54 Å². The summed E-state index contributed by atoms with van der Waals surface area (Å²) in [5.41, 5.74) is 4.87. The van der Waals surface area contributed by atoms with Crippen LogP contribution in [0.2, 0.25) is 0 Å². The summed E-state index contributed by atoms with van der Waals surface area (Å²) in [6, 6.07) is 16.9. The Morgan fingerprint density at radius 2 is 2.12 bits per heavy atom. The van der Waals surface area contributed by atoms with E-state index < -0.39 is 5.97 Å². The fourth-order valence-electron chi connectivity index (χ4n) is 3.43. The lowest BCUT2D eigenvalue weighted by Gasteiger charge is -2.08. The van der Waals surface area contributed by atoms with Gasteiger partial charge in [-0.3, -0.25) is 10.1 Å². The SMILES string of the molecule is Cc1cccc(Cn2cc([C@H]3NC[C@H](C(=O)O)S3)c3ccccc32)c1. The molecule has 0 amide bonds. The fourth-order valence-corrected chi connectivity index (χ4v) is 4.59. The number of aromatic nitrogens is 1. The summed E-state index contributed by atoms with van der Waals surface area (Å²) >= 11 is 1.48. The fraction of sp³-hybridized carbons (Fsp3) is 0.250. The number of carboxylic acids is 1. The summed E-state index contributed by atoms with van der Waals surface area (Å²) in [4.78, 5) is 11.3. The van der Waals surface area contributed by atoms with Gasteiger partial charge in [-0.15, -0.1) is 11.8 Å². The first-order valence-corrected chi connectivity index (χ1v) is 9.31. The molecule has 1 aliphatic rings. The summed E-state index contributed by atoms with van der Waals surface area (Å²) in [5.74, 6) is -0.747. The minimum Gasteiger partial charge on any atom is -0.480 e. The molecule has 0 spiro atoms. The second kappa shape index (κ2) is 6.58. The number of aliphatic carboxylic acids is 1. The number of carboxylic acid groups (broad SMARTS) is 1. The minimum absolute atomic E-state index is 0.0183. The molecule has 4 nitrogen and oxygen atoms in total. The average molecular weight is 352 g/mol. The monoisotopic (exact) mass is 352 g/mol. The van der Waals surface area contributed by atoms with E-state index in [-0.39, 0.29) is 10.6 Å². The van der Waals surface area contributed by atoms with Crippen molar-refractivity contribution in [3.05, 3.63) is 71.4 Å². The van der Waals surface area contributed by atoms with Crippen LogP contribution in [-0.2, 0) is 11.3 Å². The smallest absolute Gasteiger partial charge is 0.318 e. The minimum atomic E-state index is -0.747. The molecule has 1 aromatic heterocycles. The Morgan fingerprint density at radius 3 is 2.88 bits per heavy atom. The van der Waals surface area contributed by atoms with Crippen molar-refractivity contribution in [1.29, 1.82) is 0 Å². The van der Waals surface area contributed by atoms with Crippen LogP contribution in [-0.4, -0.2) is 27.4 Å². The first-order valence-electron chi connectivity index (χ1n) is 8.37. The second-order valence-corrected chi connectivity index (χ2v) is 7.78. The third-order valence-corrected chi connectivity index (χ3v) is 5.99. The zero-order chi connectivity index (χ0) is 17.4. The predicted octanol–water partition coefficient (Wildman–Crippen LogP) is 3.79. The van der Waals surface area contributed by atoms with E-state index in [9.17, 15) is 9.90 Å². The van der Waals surface area contributed by atoms with E-state index >= 15 is 0 Å². The molecule has 128 valence electrons. The highest BCUT2D eigenvalue weighted by atomic mass is 32.2. The lowest BCUT2D eigenvalue weighted by atomic mass is 10.1. The van der Waals surface area contributed by atoms with Gasteiger partial charge in [0, 0.05) is 35.8 Å². The molecule has 2 aromatic carbocycles. The normalized spacial score (nSPS) is 20.2. The summed E-state index contributed by atoms with van der Waals surface area (Å²) < 4.78 is 2.26. The molecule has 1 fully saturated rings. The number of fused-ring (bicyclic) bond motifs is 1. The van der Waals surface area contributed by atoms with Gasteiger partial charge >= 0.3 is 5.97 Å². The van der Waals surface area contributed by atoms with E-state index in [1.807, 2.05) is 12.1 Å². The molecule has 3 aromatic rings. The number of hydrogen-bond acceptors (Lipinski definition) is 3. The molecule has 0 aliphatic carbocycles. The number of para-hydroxylation sites is 1. The zero-order valence-electron chi connectivity index (χ0n) is 14.0. The molecule has 5 heteroatoms. The molecule has 0 unspecified atom stereocenters. The molecule has 1 aliphatic heterocycles. The maximum atomic E-state index is 11.3. The van der Waals surface area contributed by atoms with Gasteiger partial charge in [-0.2, -0.15) is 0 Å². The van der Waals surface area contributed by atoms with Crippen molar-refractivity contribution in [3.8, 4) is 0 Å². The molecule has 25 heavy (non-hydrogen) atoms. The molecule has 0 radical (unpaired) electrons. The number of hydrogen-bond donors (Lipinski definition) is 2. The molecule has 2 atom stereocenters. The van der Waals surface area contributed by atoms with Gasteiger partial charge in [-0.25, -0.2) is 0 Å². The van der Waals surface area contributed by atoms with Gasteiger partial charge in [-0.05, 0) is 18.6 Å². The van der Waals surface area contributed by atoms with E-state index in [2.05, 4.69) is 59.4 Å². The van der Waals surface area contributed by atoms with Crippen molar-refractivity contribution >= 4 is 28.6 Å². The number of carbonyl (C=O) groups is 1. The van der Waals surface area contributed by atoms with Crippen molar-refractivity contribution in [1.82, 2.24) is 9.88 Å². The third kappa shape index (κ3) is 3.17. The van der Waals surface area contributed by atoms with Crippen LogP contribution in [0.3, 0.4) is 0 Å². The zero-order valence-corrected chi connectivity index (χ0v) is 14.8. The summed E-state index contributed by atoms with van der Waals surface area (Å²) in [7, 11) is 0. The van der Waals surface area contributed by atoms with Gasteiger partial charge in [0.15, 0.2) is 0 Å². The predicted molar refractivity (Wildman–Crippen MR) is 102 cm³/mol. The molecule has 1 saturated heterocycles. The van der Waals surface area contributed by atoms with Crippen LogP contribution in [0.15, 0.2) is 54.7 Å². The summed E-state index contributed by atoms with van der Waals surface area (Å²) in [6.45, 7) is 3.41. The van der Waals surface area contributed by atoms with Gasteiger partial charge < -0.3 is 9.67 Å². The Kier molecular flexibility index (Phi) is 4.27. The lowest BCUT2D eigenvalue weighted by Crippen LogP contribution is -2.21. The van der Waals surface area contributed by atoms with Crippen molar-refractivity contribution in [2.45, 2.75) is 24.1 Å². The maximum Gasteiger partial charge on any atom is 0.318 e. The van der Waals surface area contributed by atoms with Crippen LogP contribution in [0.25, 0.3) is 10.9 Å². The molecule has 2 heterocycles. The Hall–Kier alpha value is -2.24. The molecular weight excluding hydrogens is 332 g/mol. The van der Waals surface area contributed by atoms with Crippen LogP contribution >= 0.6 is 11.8 Å². The van der Waals surface area contributed by atoms with Crippen molar-refractivity contribution in [2.24, 2.45) is 0 Å². The Bertz CT molecular complexity index is 934. The Labute approximate surface area is 150 Å². The van der Waals surface area contributed by atoms with Gasteiger partial charge in [0.1, 0.15) is 5.25 Å². The standard InChI is InChI=1S/C20H20N2O2S/c1-13-5-4-6-14(9-13)11-22-12-16(15-7-2-3-8-17(15)22)19-21-10-18(25-19)20(23)24/h2-9,12,18-19,21H,10-11H2,1H3,(H,23,24)/t18-,19+/m1/s1. The van der Waals surface area contributed by atoms with Gasteiger partial charge in [0.25, 0.3) is 0 Å². The van der Waals surface area contributed by atoms with Crippen LogP contribution in [0.5, 0.6) is 0 Å². The first kappa shape index (κ1) is 16.2. The number of nitrogens with zero attached hydrogens (tertiary/aromatic N) is 1. The summed E-state index contributed by atoms with van der Waals surface area (Å²) in [5, 5.41) is 13.4. The van der Waals surface area contributed by atoms with Crippen LogP contribution in [0, 0.1) is 6.92 Å². The molecular formula is C20H20N2O2S. The maximum absolute atomic E-state index is 11.3. The second-order valence-electron chi connectivity index (χ2n) is 6.47. The molecule has 2 N–H and O–H groups in total. The van der Waals surface area contributed by atoms with Crippen molar-refractivity contribution < 1.29 is 9.90 Å². The van der Waals surface area contributed by atoms with E-state index in [0.717, 1.165) is 12.1 Å². The largest absolute Gasteiger partial charge is 0.480 e. The highest BCUT2D eigenvalue weighted by Crippen LogP contribution is 2.39. The van der Waals surface area contributed by atoms with Gasteiger partial charge in [0.05, 0.1) is 5.37 Å². The highest BCUT2D eigenvalue weighted by Gasteiger charge is 2.32. The molecule has 0 saturated carbocycles. The first-order chi connectivity index (χ1) is 12.1. The number of benzene rings is 2. The van der Waals surface area contributed by atoms with Crippen LogP contribution < -0.4 is 5.32 Å². The number of rotatable bonds is 4. The van der Waals surface area contributed by atoms with Gasteiger partial charge in [0.2, 0.25) is 0 Å². The van der Waals surface area contributed by atoms with Crippen molar-refractivity contribution in [3.63, 3.8) is 0 Å². The molecule has 4 rings (SSSR count). The third-order valence-electron chi connectivity index (χ3n) is 4.60. The quantitative estimate of drug-likeness (QED) is 0.750. The number of aryl methyl sites for hydroxylation is 1.